The normalized spacial score (nSPS) is 14.0. The van der Waals surface area contributed by atoms with E-state index in [1.54, 1.807) is 0 Å². The summed E-state index contributed by atoms with van der Waals surface area (Å²) in [4.78, 5) is 11.9. The third-order valence-electron chi connectivity index (χ3n) is 2.91. The molecule has 0 saturated heterocycles. The molecule has 1 aromatic carbocycles. The third kappa shape index (κ3) is 4.56. The first kappa shape index (κ1) is 15.5. The van der Waals surface area contributed by atoms with Gasteiger partial charge in [-0.05, 0) is 26.8 Å². The van der Waals surface area contributed by atoms with E-state index in [9.17, 15) is 4.79 Å². The minimum absolute atomic E-state index is 0.0330. The molecular formula is C15H24N2O2. The number of hydrogen-bond donors (Lipinski definition) is 2. The highest BCUT2D eigenvalue weighted by atomic mass is 16.5. The lowest BCUT2D eigenvalue weighted by atomic mass is 10.1. The molecule has 0 aliphatic carbocycles. The molecule has 2 atom stereocenters. The number of carbonyl (C=O) groups is 1. The molecule has 0 bridgehead atoms. The van der Waals surface area contributed by atoms with Crippen molar-refractivity contribution in [3.05, 3.63) is 29.8 Å². The van der Waals surface area contributed by atoms with E-state index in [1.165, 1.54) is 0 Å². The van der Waals surface area contributed by atoms with Crippen LogP contribution in [0.5, 0.6) is 5.75 Å². The van der Waals surface area contributed by atoms with Gasteiger partial charge in [0, 0.05) is 18.0 Å². The third-order valence-corrected chi connectivity index (χ3v) is 2.91. The van der Waals surface area contributed by atoms with Crippen LogP contribution in [0.1, 0.15) is 39.3 Å². The molecule has 1 amide bonds. The van der Waals surface area contributed by atoms with Crippen molar-refractivity contribution in [3.8, 4) is 5.75 Å². The van der Waals surface area contributed by atoms with Crippen LogP contribution in [0.15, 0.2) is 24.3 Å². The summed E-state index contributed by atoms with van der Waals surface area (Å²) in [7, 11) is 0. The number of amides is 1. The molecule has 0 aliphatic heterocycles. The fraction of sp³-hybridized carbons (Fsp3) is 0.533. The van der Waals surface area contributed by atoms with E-state index in [2.05, 4.69) is 5.32 Å². The molecule has 19 heavy (non-hydrogen) atoms. The van der Waals surface area contributed by atoms with E-state index < -0.39 is 0 Å². The van der Waals surface area contributed by atoms with Crippen LogP contribution in [-0.2, 0) is 4.79 Å². The van der Waals surface area contributed by atoms with Crippen molar-refractivity contribution < 1.29 is 9.53 Å². The summed E-state index contributed by atoms with van der Waals surface area (Å²) in [6, 6.07) is 7.66. The maximum atomic E-state index is 11.9. The van der Waals surface area contributed by atoms with Crippen LogP contribution in [-0.4, -0.2) is 18.6 Å². The molecule has 4 nitrogen and oxygen atoms in total. The Morgan fingerprint density at radius 1 is 1.26 bits per heavy atom. The lowest BCUT2D eigenvalue weighted by Crippen LogP contribution is -2.35. The molecule has 0 aliphatic rings. The minimum atomic E-state index is -0.180. The number of nitrogens with two attached hydrogens (primary N) is 1. The highest BCUT2D eigenvalue weighted by Crippen LogP contribution is 2.25. The molecule has 0 radical (unpaired) electrons. The Morgan fingerprint density at radius 3 is 2.47 bits per heavy atom. The molecule has 2 unspecified atom stereocenters. The second kappa shape index (κ2) is 7.14. The Morgan fingerprint density at radius 2 is 1.89 bits per heavy atom. The summed E-state index contributed by atoms with van der Waals surface area (Å²) in [6.45, 7) is 8.08. The van der Waals surface area contributed by atoms with Gasteiger partial charge in [0.05, 0.1) is 12.1 Å². The number of nitrogens with one attached hydrogen (secondary N) is 1. The Bertz CT molecular complexity index is 418. The maximum absolute atomic E-state index is 11.9. The van der Waals surface area contributed by atoms with E-state index >= 15 is 0 Å². The van der Waals surface area contributed by atoms with Crippen LogP contribution in [0.4, 0.5) is 0 Å². The van der Waals surface area contributed by atoms with Crippen LogP contribution in [0.2, 0.25) is 0 Å². The van der Waals surface area contributed by atoms with Crippen LogP contribution in [0.25, 0.3) is 0 Å². The average molecular weight is 264 g/mol. The Balaban J connectivity index is 2.81. The van der Waals surface area contributed by atoms with Gasteiger partial charge in [0.2, 0.25) is 5.91 Å². The molecular weight excluding hydrogens is 240 g/mol. The second-order valence-corrected chi connectivity index (χ2v) is 5.07. The summed E-state index contributed by atoms with van der Waals surface area (Å²) >= 11 is 0. The lowest BCUT2D eigenvalue weighted by Gasteiger charge is -2.21. The van der Waals surface area contributed by atoms with E-state index in [1.807, 2.05) is 52.0 Å². The summed E-state index contributed by atoms with van der Waals surface area (Å²) in [5, 5.41) is 2.96. The van der Waals surface area contributed by atoms with Gasteiger partial charge in [-0.25, -0.2) is 0 Å². The summed E-state index contributed by atoms with van der Waals surface area (Å²) < 4.78 is 5.76. The van der Waals surface area contributed by atoms with Gasteiger partial charge in [-0.1, -0.05) is 25.1 Å². The number of para-hydroxylation sites is 1. The first-order valence-corrected chi connectivity index (χ1v) is 6.71. The van der Waals surface area contributed by atoms with Crippen molar-refractivity contribution in [3.63, 3.8) is 0 Å². The van der Waals surface area contributed by atoms with Gasteiger partial charge in [0.15, 0.2) is 0 Å². The standard InChI is InChI=1S/C15H24N2O2/c1-10(2)19-14-8-6-5-7-13(14)12(4)17-15(18)11(3)9-16/h5-8,10-12H,9,16H2,1-4H3,(H,17,18). The number of rotatable bonds is 6. The smallest absolute Gasteiger partial charge is 0.224 e. The van der Waals surface area contributed by atoms with Crippen molar-refractivity contribution in [2.45, 2.75) is 39.8 Å². The van der Waals surface area contributed by atoms with Crippen molar-refractivity contribution in [1.29, 1.82) is 0 Å². The largest absolute Gasteiger partial charge is 0.491 e. The first-order valence-electron chi connectivity index (χ1n) is 6.71. The topological polar surface area (TPSA) is 64.3 Å². The van der Waals surface area contributed by atoms with E-state index in [4.69, 9.17) is 10.5 Å². The Labute approximate surface area is 115 Å². The van der Waals surface area contributed by atoms with Crippen molar-refractivity contribution in [1.82, 2.24) is 5.32 Å². The number of carbonyl (C=O) groups excluding carboxylic acids is 1. The van der Waals surface area contributed by atoms with Gasteiger partial charge >= 0.3 is 0 Å². The zero-order chi connectivity index (χ0) is 14.4. The summed E-state index contributed by atoms with van der Waals surface area (Å²) in [6.07, 6.45) is 0.104. The van der Waals surface area contributed by atoms with E-state index in [0.29, 0.717) is 6.54 Å². The first-order chi connectivity index (χ1) is 8.95. The van der Waals surface area contributed by atoms with Gasteiger partial charge in [0.1, 0.15) is 5.75 Å². The van der Waals surface area contributed by atoms with Crippen LogP contribution in [0, 0.1) is 5.92 Å². The fourth-order valence-corrected chi connectivity index (χ4v) is 1.74. The van der Waals surface area contributed by atoms with Crippen LogP contribution in [0.3, 0.4) is 0 Å². The molecule has 0 fully saturated rings. The van der Waals surface area contributed by atoms with Crippen LogP contribution >= 0.6 is 0 Å². The SMILES string of the molecule is CC(C)Oc1ccccc1C(C)NC(=O)C(C)CN. The monoisotopic (exact) mass is 264 g/mol. The number of ether oxygens (including phenoxy) is 1. The maximum Gasteiger partial charge on any atom is 0.224 e. The van der Waals surface area contributed by atoms with Crippen LogP contribution < -0.4 is 15.8 Å². The average Bonchev–Trinajstić information content (AvgIpc) is 2.37. The molecule has 106 valence electrons. The van der Waals surface area contributed by atoms with E-state index in [-0.39, 0.29) is 24.0 Å². The molecule has 0 aromatic heterocycles. The van der Waals surface area contributed by atoms with Crippen molar-refractivity contribution >= 4 is 5.91 Å². The predicted octanol–water partition coefficient (Wildman–Crippen LogP) is 2.25. The zero-order valence-corrected chi connectivity index (χ0v) is 12.1. The molecule has 4 heteroatoms. The molecule has 0 saturated carbocycles. The highest BCUT2D eigenvalue weighted by molar-refractivity contribution is 5.79. The predicted molar refractivity (Wildman–Crippen MR) is 77.0 cm³/mol. The highest BCUT2D eigenvalue weighted by Gasteiger charge is 2.17. The van der Waals surface area contributed by atoms with Gasteiger partial charge in [-0.3, -0.25) is 4.79 Å². The number of benzene rings is 1. The van der Waals surface area contributed by atoms with Gasteiger partial charge in [-0.15, -0.1) is 0 Å². The fourth-order valence-electron chi connectivity index (χ4n) is 1.74. The van der Waals surface area contributed by atoms with Crippen molar-refractivity contribution in [2.24, 2.45) is 11.7 Å². The molecule has 3 N–H and O–H groups in total. The van der Waals surface area contributed by atoms with Crippen molar-refractivity contribution in [2.75, 3.05) is 6.54 Å². The quantitative estimate of drug-likeness (QED) is 0.828. The Kier molecular flexibility index (Phi) is 5.83. The second-order valence-electron chi connectivity index (χ2n) is 5.07. The molecule has 0 heterocycles. The lowest BCUT2D eigenvalue weighted by molar-refractivity contribution is -0.124. The molecule has 1 rings (SSSR count). The number of hydrogen-bond acceptors (Lipinski definition) is 3. The molecule has 0 spiro atoms. The Hall–Kier alpha value is -1.55. The molecule has 1 aromatic rings. The minimum Gasteiger partial charge on any atom is -0.491 e. The summed E-state index contributed by atoms with van der Waals surface area (Å²) in [5.41, 5.74) is 6.48. The zero-order valence-electron chi connectivity index (χ0n) is 12.1. The van der Waals surface area contributed by atoms with Gasteiger partial charge < -0.3 is 15.8 Å². The van der Waals surface area contributed by atoms with Gasteiger partial charge in [0.25, 0.3) is 0 Å². The van der Waals surface area contributed by atoms with Gasteiger partial charge in [-0.2, -0.15) is 0 Å². The van der Waals surface area contributed by atoms with E-state index in [0.717, 1.165) is 11.3 Å². The summed E-state index contributed by atoms with van der Waals surface area (Å²) in [5.74, 6) is 0.598.